The van der Waals surface area contributed by atoms with Gasteiger partial charge in [0.05, 0.1) is 43.0 Å². The Bertz CT molecular complexity index is 994. The zero-order valence-electron chi connectivity index (χ0n) is 18.2. The van der Waals surface area contributed by atoms with Crippen molar-refractivity contribution in [1.82, 2.24) is 24.7 Å². The van der Waals surface area contributed by atoms with Gasteiger partial charge < -0.3 is 14.2 Å². The lowest BCUT2D eigenvalue weighted by molar-refractivity contribution is 0.0855. The van der Waals surface area contributed by atoms with Crippen LogP contribution in [0.3, 0.4) is 0 Å². The maximum Gasteiger partial charge on any atom is 0.222 e. The fourth-order valence-corrected chi connectivity index (χ4v) is 3.36. The van der Waals surface area contributed by atoms with Crippen molar-refractivity contribution in [2.45, 2.75) is 39.7 Å². The molecular formula is C21H29N5O3. The van der Waals surface area contributed by atoms with Gasteiger partial charge in [0.2, 0.25) is 5.88 Å². The van der Waals surface area contributed by atoms with E-state index in [0.29, 0.717) is 30.7 Å². The molecule has 29 heavy (non-hydrogen) atoms. The molecule has 0 bridgehead atoms. The summed E-state index contributed by atoms with van der Waals surface area (Å²) < 4.78 is 18.1. The summed E-state index contributed by atoms with van der Waals surface area (Å²) in [6.07, 6.45) is 0. The molecule has 3 aromatic heterocycles. The molecule has 8 nitrogen and oxygen atoms in total. The highest BCUT2D eigenvalue weighted by molar-refractivity contribution is 5.79. The van der Waals surface area contributed by atoms with E-state index in [1.54, 1.807) is 21.3 Å². The lowest BCUT2D eigenvalue weighted by Crippen LogP contribution is -2.21. The second-order valence-corrected chi connectivity index (χ2v) is 7.37. The molecule has 0 saturated carbocycles. The van der Waals surface area contributed by atoms with E-state index in [-0.39, 0.29) is 6.04 Å². The van der Waals surface area contributed by atoms with Gasteiger partial charge in [-0.25, -0.2) is 19.6 Å². The third-order valence-electron chi connectivity index (χ3n) is 4.85. The molecule has 0 aromatic carbocycles. The Morgan fingerprint density at radius 3 is 2.21 bits per heavy atom. The number of aryl methyl sites for hydroxylation is 2. The summed E-state index contributed by atoms with van der Waals surface area (Å²) in [5.41, 5.74) is 5.59. The topological polar surface area (TPSA) is 84.2 Å². The van der Waals surface area contributed by atoms with Gasteiger partial charge >= 0.3 is 0 Å². The van der Waals surface area contributed by atoms with E-state index < -0.39 is 0 Å². The van der Waals surface area contributed by atoms with Crippen molar-refractivity contribution >= 4 is 11.2 Å². The van der Waals surface area contributed by atoms with Crippen LogP contribution in [0.15, 0.2) is 12.1 Å². The van der Waals surface area contributed by atoms with Crippen LogP contribution in [0, 0.1) is 13.8 Å². The van der Waals surface area contributed by atoms with Gasteiger partial charge in [0.15, 0.2) is 5.65 Å². The number of methoxy groups -OCH3 is 3. The Balaban J connectivity index is 2.15. The van der Waals surface area contributed by atoms with Crippen LogP contribution in [0.2, 0.25) is 0 Å². The third-order valence-corrected chi connectivity index (χ3v) is 4.85. The highest BCUT2D eigenvalue weighted by Gasteiger charge is 2.22. The van der Waals surface area contributed by atoms with Crippen molar-refractivity contribution in [3.63, 3.8) is 0 Å². The average Bonchev–Trinajstić information content (AvgIpc) is 3.02. The van der Waals surface area contributed by atoms with Crippen molar-refractivity contribution in [2.75, 3.05) is 34.5 Å². The van der Waals surface area contributed by atoms with Gasteiger partial charge in [0, 0.05) is 19.9 Å². The number of aromatic nitrogens is 5. The number of rotatable bonds is 8. The van der Waals surface area contributed by atoms with E-state index in [1.807, 2.05) is 30.7 Å². The van der Waals surface area contributed by atoms with E-state index in [1.165, 1.54) is 0 Å². The van der Waals surface area contributed by atoms with Crippen LogP contribution in [-0.4, -0.2) is 59.3 Å². The second-order valence-electron chi connectivity index (χ2n) is 7.37. The molecule has 0 fully saturated rings. The third kappa shape index (κ3) is 4.09. The van der Waals surface area contributed by atoms with Crippen LogP contribution in [-0.2, 0) is 9.47 Å². The molecule has 156 valence electrons. The predicted octanol–water partition coefficient (Wildman–Crippen LogP) is 3.47. The minimum Gasteiger partial charge on any atom is -0.480 e. The fraction of sp³-hybridized carbons (Fsp3) is 0.524. The predicted molar refractivity (Wildman–Crippen MR) is 111 cm³/mol. The summed E-state index contributed by atoms with van der Waals surface area (Å²) in [4.78, 5) is 14.4. The van der Waals surface area contributed by atoms with Gasteiger partial charge in [-0.2, -0.15) is 5.10 Å². The van der Waals surface area contributed by atoms with Crippen LogP contribution in [0.4, 0.5) is 0 Å². The Labute approximate surface area is 171 Å². The maximum atomic E-state index is 5.56. The summed E-state index contributed by atoms with van der Waals surface area (Å²) >= 11 is 0. The Morgan fingerprint density at radius 1 is 0.931 bits per heavy atom. The number of pyridine rings is 1. The van der Waals surface area contributed by atoms with Crippen LogP contribution in [0.1, 0.15) is 42.9 Å². The maximum absolute atomic E-state index is 5.56. The summed E-state index contributed by atoms with van der Waals surface area (Å²) in [6.45, 7) is 9.02. The van der Waals surface area contributed by atoms with Crippen molar-refractivity contribution in [2.24, 2.45) is 0 Å². The molecule has 3 heterocycles. The first-order chi connectivity index (χ1) is 13.9. The van der Waals surface area contributed by atoms with Gasteiger partial charge in [-0.3, -0.25) is 0 Å². The lowest BCUT2D eigenvalue weighted by Gasteiger charge is -2.16. The number of nitrogens with zero attached hydrogens (tertiary/aromatic N) is 5. The summed E-state index contributed by atoms with van der Waals surface area (Å²) in [5.74, 6) is 0.862. The van der Waals surface area contributed by atoms with Crippen LogP contribution < -0.4 is 4.74 Å². The van der Waals surface area contributed by atoms with E-state index in [2.05, 4.69) is 23.9 Å². The minimum absolute atomic E-state index is 0.0812. The van der Waals surface area contributed by atoms with Gasteiger partial charge in [-0.1, -0.05) is 13.8 Å². The van der Waals surface area contributed by atoms with E-state index >= 15 is 0 Å². The summed E-state index contributed by atoms with van der Waals surface area (Å²) in [5, 5.41) is 4.67. The van der Waals surface area contributed by atoms with Crippen molar-refractivity contribution in [3.8, 4) is 17.1 Å². The zero-order chi connectivity index (χ0) is 21.1. The molecule has 0 aliphatic carbocycles. The lowest BCUT2D eigenvalue weighted by atomic mass is 10.1. The minimum atomic E-state index is -0.0812. The standard InChI is InChI=1S/C21H29N5O3/c1-12(2)17-9-8-16(21(23-17)29-7)18-13(3)22-20-19(24-18)14(4)25-26(20)15(10-27-5)11-28-6/h8-9,12,15H,10-11H2,1-7H3. The quantitative estimate of drug-likeness (QED) is 0.573. The molecule has 8 heteroatoms. The van der Waals surface area contributed by atoms with Crippen molar-refractivity contribution in [3.05, 3.63) is 29.2 Å². The first-order valence-electron chi connectivity index (χ1n) is 9.67. The molecule has 3 aromatic rings. The Hall–Kier alpha value is -2.58. The first-order valence-corrected chi connectivity index (χ1v) is 9.67. The molecule has 0 aliphatic rings. The second kappa shape index (κ2) is 8.84. The van der Waals surface area contributed by atoms with E-state index in [4.69, 9.17) is 24.2 Å². The Kier molecular flexibility index (Phi) is 6.44. The van der Waals surface area contributed by atoms with Gasteiger partial charge in [0.25, 0.3) is 0 Å². The highest BCUT2D eigenvalue weighted by atomic mass is 16.5. The molecular weight excluding hydrogens is 370 g/mol. The molecule has 0 spiro atoms. The number of hydrogen-bond acceptors (Lipinski definition) is 7. The smallest absolute Gasteiger partial charge is 0.222 e. The monoisotopic (exact) mass is 399 g/mol. The summed E-state index contributed by atoms with van der Waals surface area (Å²) in [6, 6.07) is 3.93. The largest absolute Gasteiger partial charge is 0.480 e. The Morgan fingerprint density at radius 2 is 1.62 bits per heavy atom. The molecule has 0 atom stereocenters. The van der Waals surface area contributed by atoms with Crippen LogP contribution >= 0.6 is 0 Å². The molecule has 0 radical (unpaired) electrons. The highest BCUT2D eigenvalue weighted by Crippen LogP contribution is 2.32. The number of hydrogen-bond donors (Lipinski definition) is 0. The molecule has 0 aliphatic heterocycles. The molecule has 0 amide bonds. The van der Waals surface area contributed by atoms with Crippen LogP contribution in [0.25, 0.3) is 22.4 Å². The van der Waals surface area contributed by atoms with Crippen molar-refractivity contribution < 1.29 is 14.2 Å². The van der Waals surface area contributed by atoms with Gasteiger partial charge in [-0.05, 0) is 31.9 Å². The van der Waals surface area contributed by atoms with Crippen LogP contribution in [0.5, 0.6) is 5.88 Å². The molecule has 0 saturated heterocycles. The molecule has 0 N–H and O–H groups in total. The zero-order valence-corrected chi connectivity index (χ0v) is 18.2. The SMILES string of the molecule is COCC(COC)n1nc(C)c2nc(-c3ccc(C(C)C)nc3OC)c(C)nc21. The molecule has 0 unspecified atom stereocenters. The van der Waals surface area contributed by atoms with E-state index in [0.717, 1.165) is 33.9 Å². The van der Waals surface area contributed by atoms with E-state index in [9.17, 15) is 0 Å². The van der Waals surface area contributed by atoms with Gasteiger partial charge in [0.1, 0.15) is 11.6 Å². The fourth-order valence-electron chi connectivity index (χ4n) is 3.36. The normalized spacial score (nSPS) is 11.8. The number of ether oxygens (including phenoxy) is 3. The van der Waals surface area contributed by atoms with Gasteiger partial charge in [-0.15, -0.1) is 0 Å². The first kappa shape index (κ1) is 21.1. The molecule has 3 rings (SSSR count). The summed E-state index contributed by atoms with van der Waals surface area (Å²) in [7, 11) is 4.95. The average molecular weight is 399 g/mol. The number of fused-ring (bicyclic) bond motifs is 1. The van der Waals surface area contributed by atoms with Crippen molar-refractivity contribution in [1.29, 1.82) is 0 Å².